The number of nitrogens with zero attached hydrogens (tertiary/aromatic N) is 3. The van der Waals surface area contributed by atoms with Gasteiger partial charge in [-0.2, -0.15) is 5.10 Å². The number of rotatable bonds is 9. The van der Waals surface area contributed by atoms with Crippen molar-refractivity contribution in [3.63, 3.8) is 0 Å². The van der Waals surface area contributed by atoms with Gasteiger partial charge in [-0.1, -0.05) is 32.0 Å². The molecule has 0 aliphatic carbocycles. The second-order valence-corrected chi connectivity index (χ2v) is 9.16. The van der Waals surface area contributed by atoms with Crippen LogP contribution in [0.4, 0.5) is 0 Å². The minimum Gasteiger partial charge on any atom is -0.383 e. The maximum absolute atomic E-state index is 12.9. The normalized spacial score (nSPS) is 14.3. The van der Waals surface area contributed by atoms with Crippen LogP contribution in [-0.2, 0) is 30.8 Å². The topological polar surface area (TPSA) is 75.2 Å². The predicted octanol–water partition coefficient (Wildman–Crippen LogP) is 3.65. The monoisotopic (exact) mass is 437 g/mol. The lowest BCUT2D eigenvalue weighted by atomic mass is 10.0. The fraction of sp³-hybridized carbons (Fsp3) is 0.520. The number of aromatic amines is 1. The number of methoxy groups -OCH3 is 1. The first kappa shape index (κ1) is 22.6. The second kappa shape index (κ2) is 9.88. The van der Waals surface area contributed by atoms with E-state index < -0.39 is 0 Å². The van der Waals surface area contributed by atoms with Gasteiger partial charge in [0.2, 0.25) is 0 Å². The van der Waals surface area contributed by atoms with Crippen LogP contribution in [0.15, 0.2) is 24.3 Å². The molecule has 1 aliphatic rings. The molecule has 0 spiro atoms. The average molecular weight is 438 g/mol. The highest BCUT2D eigenvalue weighted by atomic mass is 16.5. The summed E-state index contributed by atoms with van der Waals surface area (Å²) in [7, 11) is 1.64. The Kier molecular flexibility index (Phi) is 6.96. The molecule has 2 N–H and O–H groups in total. The molecule has 172 valence electrons. The standard InChI is InChI=1S/C25H35N5O2/c1-17(2)9-13-30-23-10-12-29(15-20-18(3)27-22-8-6-5-7-19(20)22)16-21(23)24(28-30)25(31)26-11-14-32-4/h5-8,17,27H,9-16H2,1-4H3,(H,26,31). The molecule has 1 aliphatic heterocycles. The van der Waals surface area contributed by atoms with Gasteiger partial charge < -0.3 is 15.0 Å². The third-order valence-corrected chi connectivity index (χ3v) is 6.35. The molecule has 0 atom stereocenters. The molecular weight excluding hydrogens is 402 g/mol. The first-order valence-corrected chi connectivity index (χ1v) is 11.6. The molecular formula is C25H35N5O2. The van der Waals surface area contributed by atoms with Gasteiger partial charge in [0.05, 0.1) is 6.61 Å². The number of hydrogen-bond donors (Lipinski definition) is 2. The van der Waals surface area contributed by atoms with E-state index in [9.17, 15) is 4.79 Å². The van der Waals surface area contributed by atoms with Crippen molar-refractivity contribution in [2.45, 2.75) is 53.2 Å². The number of H-pyrrole nitrogens is 1. The minimum absolute atomic E-state index is 0.105. The number of carbonyl (C=O) groups is 1. The summed E-state index contributed by atoms with van der Waals surface area (Å²) in [5, 5.41) is 9.01. The molecule has 7 heteroatoms. The fourth-order valence-corrected chi connectivity index (χ4v) is 4.54. The van der Waals surface area contributed by atoms with Crippen molar-refractivity contribution < 1.29 is 9.53 Å². The van der Waals surface area contributed by atoms with E-state index in [1.807, 2.05) is 0 Å². The summed E-state index contributed by atoms with van der Waals surface area (Å²) in [5.41, 5.74) is 6.59. The second-order valence-electron chi connectivity index (χ2n) is 9.16. The summed E-state index contributed by atoms with van der Waals surface area (Å²) >= 11 is 0. The Morgan fingerprint density at radius 1 is 1.31 bits per heavy atom. The van der Waals surface area contributed by atoms with E-state index in [1.165, 1.54) is 27.9 Å². The van der Waals surface area contributed by atoms with Crippen molar-refractivity contribution in [2.75, 3.05) is 26.8 Å². The van der Waals surface area contributed by atoms with Gasteiger partial charge in [0.25, 0.3) is 5.91 Å². The number of nitrogens with one attached hydrogen (secondary N) is 2. The zero-order valence-corrected chi connectivity index (χ0v) is 19.7. The highest BCUT2D eigenvalue weighted by Crippen LogP contribution is 2.28. The number of aromatic nitrogens is 3. The molecule has 7 nitrogen and oxygen atoms in total. The summed E-state index contributed by atoms with van der Waals surface area (Å²) in [5.74, 6) is 0.491. The maximum atomic E-state index is 12.9. The lowest BCUT2D eigenvalue weighted by molar-refractivity contribution is 0.0929. The lowest BCUT2D eigenvalue weighted by Gasteiger charge is -2.28. The Hall–Kier alpha value is -2.64. The van der Waals surface area contributed by atoms with Gasteiger partial charge in [-0.05, 0) is 30.9 Å². The van der Waals surface area contributed by atoms with Crippen molar-refractivity contribution >= 4 is 16.8 Å². The summed E-state index contributed by atoms with van der Waals surface area (Å²) in [4.78, 5) is 18.9. The molecule has 3 aromatic rings. The molecule has 1 aromatic carbocycles. The lowest BCUT2D eigenvalue weighted by Crippen LogP contribution is -2.33. The summed E-state index contributed by atoms with van der Waals surface area (Å²) < 4.78 is 7.16. The van der Waals surface area contributed by atoms with Gasteiger partial charge in [-0.3, -0.25) is 14.4 Å². The van der Waals surface area contributed by atoms with Crippen LogP contribution in [0.25, 0.3) is 10.9 Å². The number of carbonyl (C=O) groups excluding carboxylic acids is 1. The van der Waals surface area contributed by atoms with Gasteiger partial charge >= 0.3 is 0 Å². The van der Waals surface area contributed by atoms with Crippen LogP contribution in [0.3, 0.4) is 0 Å². The van der Waals surface area contributed by atoms with E-state index in [2.05, 4.69) is 64.9 Å². The number of ether oxygens (including phenoxy) is 1. The number of hydrogen-bond acceptors (Lipinski definition) is 4. The van der Waals surface area contributed by atoms with Crippen LogP contribution in [0.2, 0.25) is 0 Å². The van der Waals surface area contributed by atoms with Gasteiger partial charge in [0.1, 0.15) is 0 Å². The number of amides is 1. The number of aryl methyl sites for hydroxylation is 2. The fourth-order valence-electron chi connectivity index (χ4n) is 4.54. The van der Waals surface area contributed by atoms with Crippen molar-refractivity contribution in [3.05, 3.63) is 52.5 Å². The molecule has 0 saturated carbocycles. The molecule has 0 unspecified atom stereocenters. The Bertz CT molecular complexity index is 1080. The van der Waals surface area contributed by atoms with E-state index in [-0.39, 0.29) is 5.91 Å². The zero-order chi connectivity index (χ0) is 22.7. The molecule has 32 heavy (non-hydrogen) atoms. The van der Waals surface area contributed by atoms with Crippen molar-refractivity contribution in [1.82, 2.24) is 25.0 Å². The molecule has 0 fully saturated rings. The summed E-state index contributed by atoms with van der Waals surface area (Å²) in [6.07, 6.45) is 1.96. The van der Waals surface area contributed by atoms with E-state index >= 15 is 0 Å². The van der Waals surface area contributed by atoms with E-state index in [4.69, 9.17) is 9.84 Å². The van der Waals surface area contributed by atoms with Gasteiger partial charge in [0, 0.05) is 74.1 Å². The Morgan fingerprint density at radius 2 is 2.12 bits per heavy atom. The molecule has 1 amide bonds. The first-order chi connectivity index (χ1) is 15.5. The molecule has 2 aromatic heterocycles. The van der Waals surface area contributed by atoms with Crippen LogP contribution in [0.5, 0.6) is 0 Å². The van der Waals surface area contributed by atoms with E-state index in [0.29, 0.717) is 24.8 Å². The predicted molar refractivity (Wildman–Crippen MR) is 127 cm³/mol. The molecule has 4 rings (SSSR count). The highest BCUT2D eigenvalue weighted by molar-refractivity contribution is 5.94. The molecule has 0 bridgehead atoms. The Labute approximate surface area is 190 Å². The third-order valence-electron chi connectivity index (χ3n) is 6.35. The number of para-hydroxylation sites is 1. The van der Waals surface area contributed by atoms with Gasteiger partial charge in [0.15, 0.2) is 5.69 Å². The van der Waals surface area contributed by atoms with Crippen molar-refractivity contribution in [2.24, 2.45) is 5.92 Å². The van der Waals surface area contributed by atoms with Crippen LogP contribution >= 0.6 is 0 Å². The van der Waals surface area contributed by atoms with Gasteiger partial charge in [-0.15, -0.1) is 0 Å². The number of fused-ring (bicyclic) bond motifs is 2. The molecule has 0 radical (unpaired) electrons. The minimum atomic E-state index is -0.105. The SMILES string of the molecule is COCCNC(=O)c1nn(CCC(C)C)c2c1CN(Cc1c(C)[nH]c3ccccc13)CC2. The number of benzene rings is 1. The van der Waals surface area contributed by atoms with Crippen LogP contribution < -0.4 is 5.32 Å². The van der Waals surface area contributed by atoms with Crippen LogP contribution in [-0.4, -0.2) is 52.4 Å². The maximum Gasteiger partial charge on any atom is 0.272 e. The summed E-state index contributed by atoms with van der Waals surface area (Å²) in [6, 6.07) is 8.47. The van der Waals surface area contributed by atoms with E-state index in [0.717, 1.165) is 44.6 Å². The van der Waals surface area contributed by atoms with Crippen molar-refractivity contribution in [1.29, 1.82) is 0 Å². The molecule has 3 heterocycles. The zero-order valence-electron chi connectivity index (χ0n) is 19.7. The van der Waals surface area contributed by atoms with Crippen LogP contribution in [0, 0.1) is 12.8 Å². The highest BCUT2D eigenvalue weighted by Gasteiger charge is 2.28. The Morgan fingerprint density at radius 3 is 2.91 bits per heavy atom. The smallest absolute Gasteiger partial charge is 0.272 e. The quantitative estimate of drug-likeness (QED) is 0.501. The third kappa shape index (κ3) is 4.74. The summed E-state index contributed by atoms with van der Waals surface area (Å²) in [6.45, 7) is 11.0. The largest absolute Gasteiger partial charge is 0.383 e. The van der Waals surface area contributed by atoms with Crippen molar-refractivity contribution in [3.8, 4) is 0 Å². The first-order valence-electron chi connectivity index (χ1n) is 11.6. The molecule has 0 saturated heterocycles. The van der Waals surface area contributed by atoms with E-state index in [1.54, 1.807) is 7.11 Å². The average Bonchev–Trinajstić information content (AvgIpc) is 3.29. The van der Waals surface area contributed by atoms with Gasteiger partial charge in [-0.25, -0.2) is 0 Å². The Balaban J connectivity index is 1.58. The van der Waals surface area contributed by atoms with Crippen LogP contribution in [0.1, 0.15) is 53.3 Å².